The molecule has 0 unspecified atom stereocenters. The minimum Gasteiger partial charge on any atom is -0.497 e. The summed E-state index contributed by atoms with van der Waals surface area (Å²) >= 11 is 0. The molecule has 0 aliphatic carbocycles. The summed E-state index contributed by atoms with van der Waals surface area (Å²) in [5.74, 6) is 1.41. The first-order valence-corrected chi connectivity index (χ1v) is 5.09. The van der Waals surface area contributed by atoms with Crippen LogP contribution in [0.25, 0.3) is 11.4 Å². The van der Waals surface area contributed by atoms with Crippen LogP contribution >= 0.6 is 0 Å². The predicted octanol–water partition coefficient (Wildman–Crippen LogP) is 0.737. The minimum absolute atomic E-state index is 0.221. The summed E-state index contributed by atoms with van der Waals surface area (Å²) in [6.07, 6.45) is 0. The first-order valence-electron chi connectivity index (χ1n) is 5.09. The molecule has 3 N–H and O–H groups in total. The van der Waals surface area contributed by atoms with Gasteiger partial charge in [0.1, 0.15) is 11.8 Å². The Labute approximate surface area is 98.0 Å². The Kier molecular flexibility index (Phi) is 3.36. The summed E-state index contributed by atoms with van der Waals surface area (Å²) in [5.41, 5.74) is 6.36. The fraction of sp³-hybridized carbons (Fsp3) is 0.273. The van der Waals surface area contributed by atoms with Crippen LogP contribution in [-0.4, -0.2) is 29.0 Å². The van der Waals surface area contributed by atoms with Gasteiger partial charge in [-0.3, -0.25) is 0 Å². The van der Waals surface area contributed by atoms with Crippen LogP contribution in [0.1, 0.15) is 11.9 Å². The first kappa shape index (κ1) is 11.6. The van der Waals surface area contributed by atoms with Crippen LogP contribution in [0.4, 0.5) is 0 Å². The number of aromatic nitrogens is 2. The molecule has 1 atom stereocenters. The lowest BCUT2D eigenvalue weighted by atomic mass is 10.2. The molecule has 1 aromatic heterocycles. The van der Waals surface area contributed by atoms with Crippen LogP contribution in [0.5, 0.6) is 5.75 Å². The smallest absolute Gasteiger partial charge is 0.246 e. The Morgan fingerprint density at radius 1 is 1.41 bits per heavy atom. The van der Waals surface area contributed by atoms with Crippen molar-refractivity contribution in [1.29, 1.82) is 0 Å². The van der Waals surface area contributed by atoms with Gasteiger partial charge in [-0.1, -0.05) is 5.16 Å². The summed E-state index contributed by atoms with van der Waals surface area (Å²) in [7, 11) is 1.60. The summed E-state index contributed by atoms with van der Waals surface area (Å²) in [6.45, 7) is -0.232. The second-order valence-electron chi connectivity index (χ2n) is 3.47. The van der Waals surface area contributed by atoms with Crippen LogP contribution in [0.15, 0.2) is 28.8 Å². The maximum atomic E-state index is 8.87. The van der Waals surface area contributed by atoms with Gasteiger partial charge >= 0.3 is 0 Å². The van der Waals surface area contributed by atoms with Gasteiger partial charge in [-0.15, -0.1) is 0 Å². The van der Waals surface area contributed by atoms with Gasteiger partial charge in [-0.25, -0.2) is 0 Å². The largest absolute Gasteiger partial charge is 0.497 e. The number of hydrogen-bond acceptors (Lipinski definition) is 6. The molecule has 0 aliphatic rings. The van der Waals surface area contributed by atoms with Crippen LogP contribution in [0.3, 0.4) is 0 Å². The van der Waals surface area contributed by atoms with Crippen molar-refractivity contribution in [3.8, 4) is 17.1 Å². The van der Waals surface area contributed by atoms with Gasteiger partial charge in [0, 0.05) is 5.56 Å². The van der Waals surface area contributed by atoms with Crippen LogP contribution in [-0.2, 0) is 0 Å². The molecule has 0 saturated carbocycles. The fourth-order valence-electron chi connectivity index (χ4n) is 1.32. The number of methoxy groups -OCH3 is 1. The van der Waals surface area contributed by atoms with Crippen LogP contribution in [0, 0.1) is 0 Å². The molecular weight excluding hydrogens is 222 g/mol. The van der Waals surface area contributed by atoms with Crippen molar-refractivity contribution in [3.63, 3.8) is 0 Å². The molecule has 90 valence electrons. The lowest BCUT2D eigenvalue weighted by molar-refractivity contribution is 0.237. The van der Waals surface area contributed by atoms with E-state index in [0.29, 0.717) is 5.82 Å². The van der Waals surface area contributed by atoms with Crippen molar-refractivity contribution in [3.05, 3.63) is 30.2 Å². The van der Waals surface area contributed by atoms with Crippen molar-refractivity contribution in [1.82, 2.24) is 10.1 Å². The van der Waals surface area contributed by atoms with Gasteiger partial charge in [-0.2, -0.15) is 4.98 Å². The van der Waals surface area contributed by atoms with E-state index in [0.717, 1.165) is 11.3 Å². The van der Waals surface area contributed by atoms with Crippen LogP contribution < -0.4 is 10.5 Å². The number of rotatable bonds is 4. The van der Waals surface area contributed by atoms with E-state index in [9.17, 15) is 0 Å². The van der Waals surface area contributed by atoms with E-state index < -0.39 is 6.04 Å². The van der Waals surface area contributed by atoms with Gasteiger partial charge in [-0.05, 0) is 24.3 Å². The molecule has 2 rings (SSSR count). The number of nitrogens with two attached hydrogens (primary N) is 1. The van der Waals surface area contributed by atoms with Crippen LogP contribution in [0.2, 0.25) is 0 Å². The highest BCUT2D eigenvalue weighted by atomic mass is 16.5. The van der Waals surface area contributed by atoms with Crippen molar-refractivity contribution in [2.45, 2.75) is 6.04 Å². The maximum Gasteiger partial charge on any atom is 0.246 e. The second-order valence-corrected chi connectivity index (χ2v) is 3.47. The maximum absolute atomic E-state index is 8.87. The van der Waals surface area contributed by atoms with E-state index in [1.54, 1.807) is 19.2 Å². The van der Waals surface area contributed by atoms with E-state index in [-0.39, 0.29) is 12.5 Å². The Balaban J connectivity index is 2.24. The number of aliphatic hydroxyl groups excluding tert-OH is 1. The zero-order valence-corrected chi connectivity index (χ0v) is 9.33. The highest BCUT2D eigenvalue weighted by Crippen LogP contribution is 2.20. The summed E-state index contributed by atoms with van der Waals surface area (Å²) in [4.78, 5) is 4.10. The van der Waals surface area contributed by atoms with E-state index in [4.69, 9.17) is 20.1 Å². The molecule has 0 spiro atoms. The zero-order valence-electron chi connectivity index (χ0n) is 9.33. The number of hydrogen-bond donors (Lipinski definition) is 2. The lowest BCUT2D eigenvalue weighted by Gasteiger charge is -1.99. The van der Waals surface area contributed by atoms with E-state index in [1.807, 2.05) is 12.1 Å². The summed E-state index contributed by atoms with van der Waals surface area (Å²) in [6, 6.07) is 6.60. The Bertz CT molecular complexity index is 481. The third-order valence-electron chi connectivity index (χ3n) is 2.30. The lowest BCUT2D eigenvalue weighted by Crippen LogP contribution is -2.14. The van der Waals surface area contributed by atoms with Gasteiger partial charge < -0.3 is 20.1 Å². The average Bonchev–Trinajstić information content (AvgIpc) is 2.87. The molecule has 6 heteroatoms. The highest BCUT2D eigenvalue weighted by Gasteiger charge is 2.14. The number of aliphatic hydroxyl groups is 1. The molecule has 0 bridgehead atoms. The summed E-state index contributed by atoms with van der Waals surface area (Å²) in [5, 5.41) is 12.7. The molecule has 6 nitrogen and oxygen atoms in total. The average molecular weight is 235 g/mol. The first-order chi connectivity index (χ1) is 8.24. The van der Waals surface area contributed by atoms with Crippen molar-refractivity contribution in [2.75, 3.05) is 13.7 Å². The second kappa shape index (κ2) is 4.94. The number of benzene rings is 1. The topological polar surface area (TPSA) is 94.4 Å². The Morgan fingerprint density at radius 3 is 2.71 bits per heavy atom. The van der Waals surface area contributed by atoms with Gasteiger partial charge in [0.15, 0.2) is 0 Å². The van der Waals surface area contributed by atoms with Crippen molar-refractivity contribution >= 4 is 0 Å². The predicted molar refractivity (Wildman–Crippen MR) is 60.3 cm³/mol. The van der Waals surface area contributed by atoms with Gasteiger partial charge in [0.2, 0.25) is 11.7 Å². The molecule has 1 heterocycles. The van der Waals surface area contributed by atoms with E-state index in [1.165, 1.54) is 0 Å². The van der Waals surface area contributed by atoms with Gasteiger partial charge in [0.25, 0.3) is 0 Å². The van der Waals surface area contributed by atoms with Gasteiger partial charge in [0.05, 0.1) is 13.7 Å². The highest BCUT2D eigenvalue weighted by molar-refractivity contribution is 5.55. The molecular formula is C11H13N3O3. The number of ether oxygens (including phenoxy) is 1. The molecule has 0 fully saturated rings. The molecule has 17 heavy (non-hydrogen) atoms. The normalized spacial score (nSPS) is 12.4. The third-order valence-corrected chi connectivity index (χ3v) is 2.30. The monoisotopic (exact) mass is 235 g/mol. The Hall–Kier alpha value is -1.92. The molecule has 0 aliphatic heterocycles. The molecule has 0 saturated heterocycles. The summed E-state index contributed by atoms with van der Waals surface area (Å²) < 4.78 is 10.00. The van der Waals surface area contributed by atoms with E-state index >= 15 is 0 Å². The quantitative estimate of drug-likeness (QED) is 0.811. The standard InChI is InChI=1S/C11H13N3O3/c1-16-8-4-2-7(3-5-8)10-13-11(17-14-10)9(12)6-15/h2-5,9,15H,6,12H2,1H3/t9-/m0/s1. The molecule has 0 radical (unpaired) electrons. The minimum atomic E-state index is -0.644. The van der Waals surface area contributed by atoms with Crippen molar-refractivity contribution in [2.24, 2.45) is 5.73 Å². The number of nitrogens with zero attached hydrogens (tertiary/aromatic N) is 2. The Morgan fingerprint density at radius 2 is 2.12 bits per heavy atom. The van der Waals surface area contributed by atoms with E-state index in [2.05, 4.69) is 10.1 Å². The molecule has 0 amide bonds. The third kappa shape index (κ3) is 2.43. The SMILES string of the molecule is COc1ccc(-c2noc([C@@H](N)CO)n2)cc1. The van der Waals surface area contributed by atoms with Crippen molar-refractivity contribution < 1.29 is 14.4 Å². The molecule has 1 aromatic carbocycles. The fourth-order valence-corrected chi connectivity index (χ4v) is 1.32. The zero-order chi connectivity index (χ0) is 12.3. The molecule has 2 aromatic rings.